The van der Waals surface area contributed by atoms with Crippen LogP contribution in [0.1, 0.15) is 68.7 Å². The molecule has 0 aromatic heterocycles. The number of ether oxygens (including phenoxy) is 4. The van der Waals surface area contributed by atoms with Crippen LogP contribution in [0.5, 0.6) is 0 Å². The monoisotopic (exact) mass is 650 g/mol. The van der Waals surface area contributed by atoms with Gasteiger partial charge < -0.3 is 18.9 Å². The van der Waals surface area contributed by atoms with Gasteiger partial charge in [0.05, 0.1) is 11.8 Å². The number of ketones is 2. The molecule has 48 heavy (non-hydrogen) atoms. The Labute approximate surface area is 277 Å². The average Bonchev–Trinajstić information content (AvgIpc) is 3.14. The van der Waals surface area contributed by atoms with Crippen molar-refractivity contribution in [2.75, 3.05) is 26.4 Å². The highest BCUT2D eigenvalue weighted by Crippen LogP contribution is 2.21. The predicted molar refractivity (Wildman–Crippen MR) is 173 cm³/mol. The Bertz CT molecular complexity index is 1750. The molecule has 0 aliphatic rings. The lowest BCUT2D eigenvalue weighted by Crippen LogP contribution is -2.23. The van der Waals surface area contributed by atoms with Crippen LogP contribution in [0.25, 0.3) is 0 Å². The minimum absolute atomic E-state index is 0.141. The molecule has 4 aromatic carbocycles. The van der Waals surface area contributed by atoms with E-state index >= 15 is 0 Å². The Morgan fingerprint density at radius 1 is 0.458 bits per heavy atom. The van der Waals surface area contributed by atoms with E-state index in [1.165, 1.54) is 0 Å². The zero-order chi connectivity index (χ0) is 34.5. The smallest absolute Gasteiger partial charge is 0.344 e. The van der Waals surface area contributed by atoms with Gasteiger partial charge in [-0.3, -0.25) is 19.2 Å². The van der Waals surface area contributed by atoms with Gasteiger partial charge in [0.25, 0.3) is 0 Å². The standard InChI is InChI=1S/C38H34O10/c1-25(27-16-18-30(19-17-27)35(41)28-10-5-3-6-11-28)37(43)47-23-33(39)45-20-21-46-34(40)24-48-38(44)26(2)31-14-9-15-32(22-31)36(42)29-12-7-4-8-13-29/h3-19,22,25-26H,20-21,23-24H2,1-2H3/t25-,26-/m0/s1. The summed E-state index contributed by atoms with van der Waals surface area (Å²) in [6.45, 7) is 1.30. The van der Waals surface area contributed by atoms with Crippen molar-refractivity contribution in [1.29, 1.82) is 0 Å². The minimum atomic E-state index is -0.851. The van der Waals surface area contributed by atoms with E-state index in [1.807, 2.05) is 12.1 Å². The first kappa shape index (κ1) is 35.0. The Morgan fingerprint density at radius 2 is 0.875 bits per heavy atom. The second-order valence-electron chi connectivity index (χ2n) is 10.7. The van der Waals surface area contributed by atoms with Crippen molar-refractivity contribution in [3.8, 4) is 0 Å². The quantitative estimate of drug-likeness (QED) is 0.0727. The van der Waals surface area contributed by atoms with Crippen LogP contribution in [0, 0.1) is 0 Å². The Balaban J connectivity index is 1.12. The third-order valence-corrected chi connectivity index (χ3v) is 7.37. The van der Waals surface area contributed by atoms with Gasteiger partial charge >= 0.3 is 23.9 Å². The number of hydrogen-bond donors (Lipinski definition) is 0. The van der Waals surface area contributed by atoms with Crippen molar-refractivity contribution >= 4 is 35.4 Å². The van der Waals surface area contributed by atoms with E-state index < -0.39 is 48.9 Å². The molecule has 0 fully saturated rings. The van der Waals surface area contributed by atoms with Gasteiger partial charge in [0.1, 0.15) is 13.2 Å². The zero-order valence-corrected chi connectivity index (χ0v) is 26.5. The molecule has 246 valence electrons. The number of carbonyl (C=O) groups is 6. The van der Waals surface area contributed by atoms with Crippen molar-refractivity contribution in [2.24, 2.45) is 0 Å². The third kappa shape index (κ3) is 9.80. The second kappa shape index (κ2) is 17.1. The van der Waals surface area contributed by atoms with E-state index in [-0.39, 0.29) is 24.8 Å². The summed E-state index contributed by atoms with van der Waals surface area (Å²) in [7, 11) is 0. The molecule has 0 spiro atoms. The number of esters is 4. The van der Waals surface area contributed by atoms with Gasteiger partial charge in [-0.05, 0) is 31.0 Å². The molecule has 2 atom stereocenters. The fourth-order valence-corrected chi connectivity index (χ4v) is 4.56. The molecule has 0 amide bonds. The zero-order valence-electron chi connectivity index (χ0n) is 26.5. The SMILES string of the molecule is C[C@H](C(=O)OCC(=O)OCCOC(=O)COC(=O)[C@@H](C)c1cccc(C(=O)c2ccccc2)c1)c1ccc(C(=O)c2ccccc2)cc1. The molecule has 0 radical (unpaired) electrons. The van der Waals surface area contributed by atoms with Gasteiger partial charge in [0.15, 0.2) is 24.8 Å². The maximum absolute atomic E-state index is 12.7. The van der Waals surface area contributed by atoms with Gasteiger partial charge in [0, 0.05) is 22.3 Å². The largest absolute Gasteiger partial charge is 0.460 e. The maximum atomic E-state index is 12.7. The first-order chi connectivity index (χ1) is 23.1. The lowest BCUT2D eigenvalue weighted by Gasteiger charge is -2.13. The van der Waals surface area contributed by atoms with E-state index in [1.54, 1.807) is 111 Å². The maximum Gasteiger partial charge on any atom is 0.344 e. The summed E-state index contributed by atoms with van der Waals surface area (Å²) in [6, 6.07) is 30.7. The van der Waals surface area contributed by atoms with Gasteiger partial charge in [-0.2, -0.15) is 0 Å². The Morgan fingerprint density at radius 3 is 1.38 bits per heavy atom. The first-order valence-electron chi connectivity index (χ1n) is 15.2. The average molecular weight is 651 g/mol. The normalized spacial score (nSPS) is 11.8. The molecule has 0 aliphatic carbocycles. The minimum Gasteiger partial charge on any atom is -0.460 e. The molecule has 10 heteroatoms. The van der Waals surface area contributed by atoms with E-state index in [2.05, 4.69) is 0 Å². The first-order valence-corrected chi connectivity index (χ1v) is 15.2. The summed E-state index contributed by atoms with van der Waals surface area (Å²) in [4.78, 5) is 74.4. The third-order valence-electron chi connectivity index (χ3n) is 7.37. The van der Waals surface area contributed by atoms with Crippen LogP contribution in [0.4, 0.5) is 0 Å². The number of carbonyl (C=O) groups excluding carboxylic acids is 6. The van der Waals surface area contributed by atoms with Crippen LogP contribution in [-0.4, -0.2) is 61.9 Å². The van der Waals surface area contributed by atoms with E-state index in [9.17, 15) is 28.8 Å². The second-order valence-corrected chi connectivity index (χ2v) is 10.7. The van der Waals surface area contributed by atoms with Crippen molar-refractivity contribution in [3.05, 3.63) is 143 Å². The number of rotatable bonds is 15. The molecule has 4 rings (SSSR count). The highest BCUT2D eigenvalue weighted by Gasteiger charge is 2.21. The summed E-state index contributed by atoms with van der Waals surface area (Å²) in [5.74, 6) is -4.82. The Hall–Kier alpha value is -5.90. The fourth-order valence-electron chi connectivity index (χ4n) is 4.56. The molecule has 0 saturated heterocycles. The summed E-state index contributed by atoms with van der Waals surface area (Å²) in [6.07, 6.45) is 0. The fraction of sp³-hybridized carbons (Fsp3) is 0.211. The van der Waals surface area contributed by atoms with E-state index in [0.717, 1.165) is 0 Å². The van der Waals surface area contributed by atoms with Crippen molar-refractivity contribution in [2.45, 2.75) is 25.7 Å². The van der Waals surface area contributed by atoms with Crippen molar-refractivity contribution in [1.82, 2.24) is 0 Å². The molecule has 0 saturated carbocycles. The van der Waals surface area contributed by atoms with Gasteiger partial charge in [-0.25, -0.2) is 9.59 Å². The van der Waals surface area contributed by atoms with Crippen LogP contribution in [0.15, 0.2) is 109 Å². The molecule has 0 N–H and O–H groups in total. The van der Waals surface area contributed by atoms with Crippen LogP contribution in [-0.2, 0) is 38.1 Å². The summed E-state index contributed by atoms with van der Waals surface area (Å²) >= 11 is 0. The van der Waals surface area contributed by atoms with Crippen LogP contribution >= 0.6 is 0 Å². The lowest BCUT2D eigenvalue weighted by atomic mass is 9.96. The summed E-state index contributed by atoms with van der Waals surface area (Å²) in [5.41, 5.74) is 3.11. The van der Waals surface area contributed by atoms with Crippen molar-refractivity contribution in [3.63, 3.8) is 0 Å². The highest BCUT2D eigenvalue weighted by molar-refractivity contribution is 6.09. The number of benzene rings is 4. The van der Waals surface area contributed by atoms with Gasteiger partial charge in [-0.15, -0.1) is 0 Å². The van der Waals surface area contributed by atoms with Crippen molar-refractivity contribution < 1.29 is 47.7 Å². The van der Waals surface area contributed by atoms with Crippen LogP contribution in [0.3, 0.4) is 0 Å². The molecule has 0 bridgehead atoms. The lowest BCUT2D eigenvalue weighted by molar-refractivity contribution is -0.164. The van der Waals surface area contributed by atoms with Crippen LogP contribution in [0.2, 0.25) is 0 Å². The highest BCUT2D eigenvalue weighted by atomic mass is 16.6. The molecule has 0 unspecified atom stereocenters. The topological polar surface area (TPSA) is 139 Å². The van der Waals surface area contributed by atoms with Crippen LogP contribution < -0.4 is 0 Å². The number of hydrogen-bond acceptors (Lipinski definition) is 10. The van der Waals surface area contributed by atoms with Gasteiger partial charge in [-0.1, -0.05) is 103 Å². The summed E-state index contributed by atoms with van der Waals surface area (Å²) in [5, 5.41) is 0. The summed E-state index contributed by atoms with van der Waals surface area (Å²) < 4.78 is 20.0. The predicted octanol–water partition coefficient (Wildman–Crippen LogP) is 5.23. The molecule has 4 aromatic rings. The molecular weight excluding hydrogens is 616 g/mol. The van der Waals surface area contributed by atoms with E-state index in [4.69, 9.17) is 18.9 Å². The molecule has 10 nitrogen and oxygen atoms in total. The Kier molecular flexibility index (Phi) is 12.5. The van der Waals surface area contributed by atoms with E-state index in [0.29, 0.717) is 33.4 Å². The van der Waals surface area contributed by atoms with Gasteiger partial charge in [0.2, 0.25) is 0 Å². The molecule has 0 heterocycles. The molecular formula is C38H34O10. The molecule has 0 aliphatic heterocycles.